The maximum atomic E-state index is 9.48. The highest BCUT2D eigenvalue weighted by molar-refractivity contribution is 5.76. The number of hydrogen-bond donors (Lipinski definition) is 1. The first-order valence-corrected chi connectivity index (χ1v) is 10.4. The molecule has 0 aliphatic carbocycles. The lowest BCUT2D eigenvalue weighted by Crippen LogP contribution is -2.10. The number of phenols is 1. The second-order valence-electron chi connectivity index (χ2n) is 7.70. The minimum absolute atomic E-state index is 0.303. The van der Waals surface area contributed by atoms with Crippen molar-refractivity contribution >= 4 is 17.1 Å². The average molecular weight is 394 g/mol. The third-order valence-electron chi connectivity index (χ3n) is 5.43. The number of hydrogen-bond acceptors (Lipinski definition) is 2. The summed E-state index contributed by atoms with van der Waals surface area (Å²) in [6.45, 7) is 4.29. The van der Waals surface area contributed by atoms with Crippen molar-refractivity contribution < 1.29 is 5.11 Å². The summed E-state index contributed by atoms with van der Waals surface area (Å²) in [4.78, 5) is 2.29. The molecule has 2 heteroatoms. The predicted molar refractivity (Wildman–Crippen MR) is 126 cm³/mol. The van der Waals surface area contributed by atoms with Crippen molar-refractivity contribution in [2.45, 2.75) is 26.7 Å². The molecule has 0 bridgehead atoms. The summed E-state index contributed by atoms with van der Waals surface area (Å²) in [5.41, 5.74) is 8.47. The topological polar surface area (TPSA) is 23.5 Å². The second-order valence-corrected chi connectivity index (χ2v) is 7.70. The van der Waals surface area contributed by atoms with Crippen LogP contribution in [0.2, 0.25) is 0 Å². The molecular formula is C28H27NO. The van der Waals surface area contributed by atoms with Crippen LogP contribution in [0, 0.1) is 6.92 Å². The summed E-state index contributed by atoms with van der Waals surface area (Å²) in [6.07, 6.45) is 1.88. The molecule has 4 rings (SSSR count). The minimum atomic E-state index is 0.303. The number of benzene rings is 4. The number of nitrogens with zero attached hydrogens (tertiary/aromatic N) is 1. The Kier molecular flexibility index (Phi) is 5.85. The van der Waals surface area contributed by atoms with Crippen LogP contribution in [0.3, 0.4) is 0 Å². The number of anilines is 3. The lowest BCUT2D eigenvalue weighted by atomic mass is 10.0. The van der Waals surface area contributed by atoms with Gasteiger partial charge in [0.15, 0.2) is 0 Å². The van der Waals surface area contributed by atoms with Gasteiger partial charge in [0.1, 0.15) is 5.75 Å². The first kappa shape index (κ1) is 19.8. The fraction of sp³-hybridized carbons (Fsp3) is 0.143. The first-order valence-electron chi connectivity index (χ1n) is 10.4. The van der Waals surface area contributed by atoms with Gasteiger partial charge in [-0.1, -0.05) is 61.0 Å². The molecule has 0 fully saturated rings. The first-order chi connectivity index (χ1) is 14.6. The Balaban J connectivity index is 1.65. The number of rotatable bonds is 6. The molecule has 150 valence electrons. The summed E-state index contributed by atoms with van der Waals surface area (Å²) in [6, 6.07) is 33.6. The molecule has 0 spiro atoms. The van der Waals surface area contributed by atoms with Crippen LogP contribution in [0.5, 0.6) is 5.75 Å². The molecule has 0 aromatic heterocycles. The van der Waals surface area contributed by atoms with Crippen molar-refractivity contribution in [1.29, 1.82) is 0 Å². The van der Waals surface area contributed by atoms with Crippen LogP contribution in [-0.4, -0.2) is 5.11 Å². The van der Waals surface area contributed by atoms with E-state index >= 15 is 0 Å². The van der Waals surface area contributed by atoms with Gasteiger partial charge in [0.2, 0.25) is 0 Å². The van der Waals surface area contributed by atoms with Crippen molar-refractivity contribution in [2.24, 2.45) is 0 Å². The molecule has 0 radical (unpaired) electrons. The van der Waals surface area contributed by atoms with Gasteiger partial charge in [0.05, 0.1) is 0 Å². The molecule has 0 unspecified atom stereocenters. The van der Waals surface area contributed by atoms with Gasteiger partial charge in [-0.05, 0) is 85.0 Å². The Morgan fingerprint density at radius 3 is 1.43 bits per heavy atom. The normalized spacial score (nSPS) is 10.7. The van der Waals surface area contributed by atoms with Crippen LogP contribution in [0.1, 0.15) is 29.2 Å². The summed E-state index contributed by atoms with van der Waals surface area (Å²) in [5.74, 6) is 0.303. The highest BCUT2D eigenvalue weighted by Gasteiger charge is 2.12. The summed E-state index contributed by atoms with van der Waals surface area (Å²) < 4.78 is 0. The van der Waals surface area contributed by atoms with Crippen LogP contribution < -0.4 is 4.90 Å². The SMILES string of the molecule is CCc1ccc(N(c2ccc(C)cc2)c2ccc(Cc3ccc(O)cc3)cc2)cc1. The molecule has 0 heterocycles. The third-order valence-corrected chi connectivity index (χ3v) is 5.43. The van der Waals surface area contributed by atoms with E-state index in [0.29, 0.717) is 5.75 Å². The van der Waals surface area contributed by atoms with Gasteiger partial charge in [0.25, 0.3) is 0 Å². The van der Waals surface area contributed by atoms with E-state index in [2.05, 4.69) is 91.5 Å². The maximum absolute atomic E-state index is 9.48. The van der Waals surface area contributed by atoms with E-state index in [1.807, 2.05) is 12.1 Å². The molecule has 0 amide bonds. The lowest BCUT2D eigenvalue weighted by molar-refractivity contribution is 0.475. The van der Waals surface area contributed by atoms with Gasteiger partial charge in [-0.3, -0.25) is 0 Å². The van der Waals surface area contributed by atoms with Crippen molar-refractivity contribution in [3.05, 3.63) is 119 Å². The molecule has 30 heavy (non-hydrogen) atoms. The Morgan fingerprint density at radius 2 is 0.967 bits per heavy atom. The van der Waals surface area contributed by atoms with E-state index in [4.69, 9.17) is 0 Å². The molecule has 0 saturated carbocycles. The zero-order valence-electron chi connectivity index (χ0n) is 17.5. The summed E-state index contributed by atoms with van der Waals surface area (Å²) >= 11 is 0. The molecule has 1 N–H and O–H groups in total. The van der Waals surface area contributed by atoms with Crippen LogP contribution in [0.4, 0.5) is 17.1 Å². The maximum Gasteiger partial charge on any atom is 0.115 e. The molecular weight excluding hydrogens is 366 g/mol. The fourth-order valence-corrected chi connectivity index (χ4v) is 3.63. The highest BCUT2D eigenvalue weighted by atomic mass is 16.3. The van der Waals surface area contributed by atoms with Crippen molar-refractivity contribution in [3.63, 3.8) is 0 Å². The monoisotopic (exact) mass is 393 g/mol. The smallest absolute Gasteiger partial charge is 0.115 e. The molecule has 2 nitrogen and oxygen atoms in total. The third kappa shape index (κ3) is 4.55. The second kappa shape index (κ2) is 8.87. The highest BCUT2D eigenvalue weighted by Crippen LogP contribution is 2.35. The van der Waals surface area contributed by atoms with Gasteiger partial charge in [-0.2, -0.15) is 0 Å². The van der Waals surface area contributed by atoms with Gasteiger partial charge >= 0.3 is 0 Å². The molecule has 0 aliphatic rings. The number of aryl methyl sites for hydroxylation is 2. The quantitative estimate of drug-likeness (QED) is 0.371. The van der Waals surface area contributed by atoms with Crippen molar-refractivity contribution in [2.75, 3.05) is 4.90 Å². The zero-order valence-corrected chi connectivity index (χ0v) is 17.5. The number of phenolic OH excluding ortho intramolecular Hbond substituents is 1. The van der Waals surface area contributed by atoms with Gasteiger partial charge in [0, 0.05) is 17.1 Å². The predicted octanol–water partition coefficient (Wildman–Crippen LogP) is 7.32. The van der Waals surface area contributed by atoms with Crippen LogP contribution in [0.15, 0.2) is 97.1 Å². The van der Waals surface area contributed by atoms with Crippen LogP contribution in [-0.2, 0) is 12.8 Å². The molecule has 0 saturated heterocycles. The van der Waals surface area contributed by atoms with E-state index < -0.39 is 0 Å². The van der Waals surface area contributed by atoms with E-state index in [0.717, 1.165) is 29.9 Å². The van der Waals surface area contributed by atoms with Gasteiger partial charge in [-0.25, -0.2) is 0 Å². The Hall–Kier alpha value is -3.52. The summed E-state index contributed by atoms with van der Waals surface area (Å²) in [5, 5.41) is 9.48. The van der Waals surface area contributed by atoms with Crippen LogP contribution >= 0.6 is 0 Å². The summed E-state index contributed by atoms with van der Waals surface area (Å²) in [7, 11) is 0. The molecule has 4 aromatic rings. The molecule has 0 aliphatic heterocycles. The fourth-order valence-electron chi connectivity index (χ4n) is 3.63. The molecule has 0 atom stereocenters. The van der Waals surface area contributed by atoms with Crippen molar-refractivity contribution in [1.82, 2.24) is 0 Å². The zero-order chi connectivity index (χ0) is 20.9. The average Bonchev–Trinajstić information content (AvgIpc) is 2.78. The lowest BCUT2D eigenvalue weighted by Gasteiger charge is -2.26. The Labute approximate surface area is 179 Å². The largest absolute Gasteiger partial charge is 0.508 e. The standard InChI is InChI=1S/C28H27NO/c1-3-22-6-14-26(15-7-22)29(25-12-4-21(2)5-13-25)27-16-8-23(9-17-27)20-24-10-18-28(30)19-11-24/h4-19,30H,3,20H2,1-2H3. The Morgan fingerprint density at radius 1 is 0.567 bits per heavy atom. The number of aromatic hydroxyl groups is 1. The van der Waals surface area contributed by atoms with E-state index in [1.54, 1.807) is 12.1 Å². The van der Waals surface area contributed by atoms with E-state index in [-0.39, 0.29) is 0 Å². The van der Waals surface area contributed by atoms with Gasteiger partial charge < -0.3 is 10.0 Å². The van der Waals surface area contributed by atoms with Gasteiger partial charge in [-0.15, -0.1) is 0 Å². The minimum Gasteiger partial charge on any atom is -0.508 e. The Bertz CT molecular complexity index is 1080. The van der Waals surface area contributed by atoms with E-state index in [1.165, 1.54) is 22.3 Å². The van der Waals surface area contributed by atoms with E-state index in [9.17, 15) is 5.11 Å². The van der Waals surface area contributed by atoms with Crippen molar-refractivity contribution in [3.8, 4) is 5.75 Å². The molecule has 4 aromatic carbocycles. The van der Waals surface area contributed by atoms with Crippen LogP contribution in [0.25, 0.3) is 0 Å².